The van der Waals surface area contributed by atoms with Crippen molar-refractivity contribution in [2.75, 3.05) is 0 Å². The third-order valence-electron chi connectivity index (χ3n) is 5.32. The van der Waals surface area contributed by atoms with Crippen LogP contribution in [0.1, 0.15) is 92.4 Å². The Morgan fingerprint density at radius 3 is 2.43 bits per heavy atom. The van der Waals surface area contributed by atoms with Gasteiger partial charge >= 0.3 is 0 Å². The first kappa shape index (κ1) is 20.1. The van der Waals surface area contributed by atoms with Crippen LogP contribution in [0.2, 0.25) is 0 Å². The van der Waals surface area contributed by atoms with Gasteiger partial charge in [0.1, 0.15) is 11.6 Å². The summed E-state index contributed by atoms with van der Waals surface area (Å²) in [4.78, 5) is 24.8. The lowest BCUT2D eigenvalue weighted by atomic mass is 9.75. The van der Waals surface area contributed by atoms with E-state index in [-0.39, 0.29) is 11.3 Å². The van der Waals surface area contributed by atoms with Crippen LogP contribution in [0, 0.1) is 17.3 Å². The van der Waals surface area contributed by atoms with Gasteiger partial charge in [0.2, 0.25) is 0 Å². The van der Waals surface area contributed by atoms with E-state index in [0.717, 1.165) is 25.7 Å². The minimum absolute atomic E-state index is 0.0969. The van der Waals surface area contributed by atoms with Gasteiger partial charge in [0.15, 0.2) is 0 Å². The first-order chi connectivity index (χ1) is 10.7. The van der Waals surface area contributed by atoms with Crippen molar-refractivity contribution in [2.45, 2.75) is 92.4 Å². The molecular weight excluding hydrogens is 284 g/mol. The fraction of sp³-hybridized carbons (Fsp3) is 0.810. The van der Waals surface area contributed by atoms with Crippen LogP contribution in [0.25, 0.3) is 0 Å². The van der Waals surface area contributed by atoms with Gasteiger partial charge in [-0.15, -0.1) is 0 Å². The van der Waals surface area contributed by atoms with Crippen LogP contribution in [0.5, 0.6) is 0 Å². The van der Waals surface area contributed by atoms with E-state index in [0.29, 0.717) is 36.7 Å². The SMILES string of the molecule is C/C1=C\CCCC(=O)CCC(C)(C)C(=O)C(C)CC(C)CCC1. The fourth-order valence-corrected chi connectivity index (χ4v) is 3.67. The Hall–Kier alpha value is -0.920. The summed E-state index contributed by atoms with van der Waals surface area (Å²) in [5, 5.41) is 0. The molecule has 2 unspecified atom stereocenters. The lowest BCUT2D eigenvalue weighted by molar-refractivity contribution is -0.132. The number of ketones is 2. The molecule has 1 aliphatic rings. The van der Waals surface area contributed by atoms with Crippen LogP contribution in [-0.2, 0) is 9.59 Å². The van der Waals surface area contributed by atoms with Crippen LogP contribution in [0.15, 0.2) is 11.6 Å². The highest BCUT2D eigenvalue weighted by atomic mass is 16.1. The zero-order valence-corrected chi connectivity index (χ0v) is 15.9. The van der Waals surface area contributed by atoms with Crippen molar-refractivity contribution < 1.29 is 9.59 Å². The van der Waals surface area contributed by atoms with Crippen molar-refractivity contribution in [2.24, 2.45) is 17.3 Å². The normalized spacial score (nSPS) is 31.4. The average molecular weight is 321 g/mol. The van der Waals surface area contributed by atoms with Gasteiger partial charge in [0.05, 0.1) is 0 Å². The van der Waals surface area contributed by atoms with Crippen molar-refractivity contribution >= 4 is 11.6 Å². The molecule has 0 aromatic rings. The van der Waals surface area contributed by atoms with E-state index in [1.807, 2.05) is 13.8 Å². The fourth-order valence-electron chi connectivity index (χ4n) is 3.67. The van der Waals surface area contributed by atoms with Gasteiger partial charge in [-0.25, -0.2) is 0 Å². The van der Waals surface area contributed by atoms with E-state index in [1.54, 1.807) is 0 Å². The number of rotatable bonds is 0. The van der Waals surface area contributed by atoms with Crippen LogP contribution in [0.3, 0.4) is 0 Å². The molecule has 1 aliphatic carbocycles. The Morgan fingerprint density at radius 1 is 1.04 bits per heavy atom. The summed E-state index contributed by atoms with van der Waals surface area (Å²) in [6.45, 7) is 10.6. The van der Waals surface area contributed by atoms with Crippen molar-refractivity contribution in [1.29, 1.82) is 0 Å². The predicted molar refractivity (Wildman–Crippen MR) is 97.4 cm³/mol. The number of carbonyl (C=O) groups is 2. The number of Topliss-reactive ketones (excluding diaryl/α,β-unsaturated/α-hetero) is 2. The number of hydrogen-bond donors (Lipinski definition) is 0. The van der Waals surface area contributed by atoms with Crippen molar-refractivity contribution in [3.63, 3.8) is 0 Å². The Kier molecular flexibility index (Phi) is 8.22. The minimum Gasteiger partial charge on any atom is -0.300 e. The summed E-state index contributed by atoms with van der Waals surface area (Å²) in [5.74, 6) is 1.33. The molecule has 0 N–H and O–H groups in total. The van der Waals surface area contributed by atoms with E-state index >= 15 is 0 Å². The molecule has 0 aromatic heterocycles. The molecule has 0 bridgehead atoms. The number of carbonyl (C=O) groups excluding carboxylic acids is 2. The summed E-state index contributed by atoms with van der Waals surface area (Å²) in [6, 6.07) is 0. The van der Waals surface area contributed by atoms with E-state index in [9.17, 15) is 9.59 Å². The van der Waals surface area contributed by atoms with Crippen molar-refractivity contribution in [3.8, 4) is 0 Å². The molecule has 2 heteroatoms. The molecule has 1 rings (SSSR count). The molecule has 0 saturated carbocycles. The molecule has 132 valence electrons. The molecule has 0 saturated heterocycles. The molecule has 0 aliphatic heterocycles. The topological polar surface area (TPSA) is 34.1 Å². The molecule has 2 atom stereocenters. The lowest BCUT2D eigenvalue weighted by Crippen LogP contribution is -2.31. The molecule has 0 spiro atoms. The van der Waals surface area contributed by atoms with Crippen LogP contribution in [-0.4, -0.2) is 11.6 Å². The molecular formula is C21H36O2. The molecule has 0 heterocycles. The third kappa shape index (κ3) is 7.46. The molecule has 23 heavy (non-hydrogen) atoms. The largest absolute Gasteiger partial charge is 0.300 e. The first-order valence-corrected chi connectivity index (χ1v) is 9.44. The first-order valence-electron chi connectivity index (χ1n) is 9.44. The molecule has 2 nitrogen and oxygen atoms in total. The highest BCUT2D eigenvalue weighted by Gasteiger charge is 2.32. The van der Waals surface area contributed by atoms with Gasteiger partial charge in [-0.1, -0.05) is 45.8 Å². The Morgan fingerprint density at radius 2 is 1.74 bits per heavy atom. The van der Waals surface area contributed by atoms with Gasteiger partial charge in [-0.2, -0.15) is 0 Å². The Labute approximate surface area is 143 Å². The second-order valence-electron chi connectivity index (χ2n) is 8.36. The maximum Gasteiger partial charge on any atom is 0.141 e. The van der Waals surface area contributed by atoms with Gasteiger partial charge in [-0.3, -0.25) is 9.59 Å². The lowest BCUT2D eigenvalue weighted by Gasteiger charge is -2.28. The smallest absolute Gasteiger partial charge is 0.141 e. The van der Waals surface area contributed by atoms with Gasteiger partial charge < -0.3 is 0 Å². The standard InChI is InChI=1S/C21H36O2/c1-16-9-6-7-12-19(22)13-14-21(4,5)20(23)18(3)15-17(2)11-8-10-16/h9,17-18H,6-8,10-15H2,1-5H3/b16-9+. The van der Waals surface area contributed by atoms with Crippen LogP contribution in [0.4, 0.5) is 0 Å². The average Bonchev–Trinajstić information content (AvgIpc) is 2.48. The highest BCUT2D eigenvalue weighted by Crippen LogP contribution is 2.31. The monoisotopic (exact) mass is 320 g/mol. The van der Waals surface area contributed by atoms with Crippen LogP contribution >= 0.6 is 0 Å². The Balaban J connectivity index is 2.75. The predicted octanol–water partition coefficient (Wildman–Crippen LogP) is 5.89. The van der Waals surface area contributed by atoms with Gasteiger partial charge in [-0.05, 0) is 51.4 Å². The second-order valence-corrected chi connectivity index (χ2v) is 8.36. The van der Waals surface area contributed by atoms with E-state index in [2.05, 4.69) is 26.8 Å². The quantitative estimate of drug-likeness (QED) is 0.521. The highest BCUT2D eigenvalue weighted by molar-refractivity contribution is 5.87. The zero-order chi connectivity index (χ0) is 17.5. The molecule has 0 amide bonds. The molecule has 0 aromatic carbocycles. The second kappa shape index (κ2) is 9.39. The summed E-state index contributed by atoms with van der Waals surface area (Å²) in [5.41, 5.74) is 1.07. The number of hydrogen-bond acceptors (Lipinski definition) is 2. The molecule has 0 radical (unpaired) electrons. The van der Waals surface area contributed by atoms with Crippen molar-refractivity contribution in [3.05, 3.63) is 11.6 Å². The van der Waals surface area contributed by atoms with Gasteiger partial charge in [0.25, 0.3) is 0 Å². The maximum absolute atomic E-state index is 12.7. The summed E-state index contributed by atoms with van der Waals surface area (Å²) in [6.07, 6.45) is 10.7. The van der Waals surface area contributed by atoms with Crippen molar-refractivity contribution in [1.82, 2.24) is 0 Å². The maximum atomic E-state index is 12.7. The van der Waals surface area contributed by atoms with Gasteiger partial charge in [0, 0.05) is 24.2 Å². The summed E-state index contributed by atoms with van der Waals surface area (Å²) in [7, 11) is 0. The third-order valence-corrected chi connectivity index (χ3v) is 5.32. The van der Waals surface area contributed by atoms with E-state index in [1.165, 1.54) is 18.4 Å². The van der Waals surface area contributed by atoms with E-state index < -0.39 is 0 Å². The molecule has 0 fully saturated rings. The van der Waals surface area contributed by atoms with E-state index in [4.69, 9.17) is 0 Å². The summed E-state index contributed by atoms with van der Waals surface area (Å²) < 4.78 is 0. The Bertz CT molecular complexity index is 431. The zero-order valence-electron chi connectivity index (χ0n) is 15.9. The summed E-state index contributed by atoms with van der Waals surface area (Å²) >= 11 is 0. The van der Waals surface area contributed by atoms with Crippen LogP contribution < -0.4 is 0 Å². The minimum atomic E-state index is -0.373. The number of allylic oxidation sites excluding steroid dienone is 2.